The summed E-state index contributed by atoms with van der Waals surface area (Å²) in [6, 6.07) is 0. The van der Waals surface area contributed by atoms with Crippen molar-refractivity contribution < 1.29 is 5.11 Å². The Bertz CT molecular complexity index is 109. The van der Waals surface area contributed by atoms with Crippen molar-refractivity contribution in [2.24, 2.45) is 5.92 Å². The SMILES string of the molecule is C=CCC[C@@H]1CCC[C@H]1O. The molecule has 1 fully saturated rings. The first-order valence-electron chi connectivity index (χ1n) is 4.13. The molecular weight excluding hydrogens is 124 g/mol. The Kier molecular flexibility index (Phi) is 2.94. The maximum atomic E-state index is 9.38. The second-order valence-corrected chi connectivity index (χ2v) is 3.12. The number of hydrogen-bond donors (Lipinski definition) is 1. The lowest BCUT2D eigenvalue weighted by atomic mass is 10.00. The van der Waals surface area contributed by atoms with Gasteiger partial charge in [-0.25, -0.2) is 0 Å². The van der Waals surface area contributed by atoms with Gasteiger partial charge in [-0.3, -0.25) is 0 Å². The van der Waals surface area contributed by atoms with Crippen LogP contribution in [0.3, 0.4) is 0 Å². The Morgan fingerprint density at radius 2 is 2.30 bits per heavy atom. The van der Waals surface area contributed by atoms with Crippen LogP contribution in [0.4, 0.5) is 0 Å². The Morgan fingerprint density at radius 1 is 1.50 bits per heavy atom. The lowest BCUT2D eigenvalue weighted by Gasteiger charge is -2.11. The molecule has 0 aliphatic heterocycles. The fourth-order valence-electron chi connectivity index (χ4n) is 1.69. The quantitative estimate of drug-likeness (QED) is 0.595. The predicted octanol–water partition coefficient (Wildman–Crippen LogP) is 2.11. The molecule has 0 aromatic heterocycles. The van der Waals surface area contributed by atoms with E-state index in [9.17, 15) is 5.11 Å². The molecule has 1 aliphatic rings. The molecule has 2 atom stereocenters. The van der Waals surface area contributed by atoms with E-state index in [2.05, 4.69) is 6.58 Å². The molecule has 1 heteroatoms. The van der Waals surface area contributed by atoms with Crippen molar-refractivity contribution in [3.63, 3.8) is 0 Å². The van der Waals surface area contributed by atoms with Crippen LogP contribution in [0.1, 0.15) is 32.1 Å². The molecular formula is C9H16O. The number of aliphatic hydroxyl groups excluding tert-OH is 1. The van der Waals surface area contributed by atoms with Gasteiger partial charge in [0.2, 0.25) is 0 Å². The maximum Gasteiger partial charge on any atom is 0.0568 e. The molecule has 0 heterocycles. The van der Waals surface area contributed by atoms with E-state index in [0.717, 1.165) is 19.3 Å². The zero-order valence-corrected chi connectivity index (χ0v) is 6.42. The molecule has 58 valence electrons. The van der Waals surface area contributed by atoms with E-state index in [1.165, 1.54) is 12.8 Å². The number of rotatable bonds is 3. The molecule has 1 N–H and O–H groups in total. The van der Waals surface area contributed by atoms with Crippen molar-refractivity contribution in [2.45, 2.75) is 38.2 Å². The van der Waals surface area contributed by atoms with Gasteiger partial charge in [0.05, 0.1) is 6.10 Å². The summed E-state index contributed by atoms with van der Waals surface area (Å²) in [6.45, 7) is 3.67. The third-order valence-corrected chi connectivity index (χ3v) is 2.36. The van der Waals surface area contributed by atoms with E-state index in [1.54, 1.807) is 0 Å². The molecule has 0 saturated heterocycles. The monoisotopic (exact) mass is 140 g/mol. The van der Waals surface area contributed by atoms with Crippen LogP contribution in [0.2, 0.25) is 0 Å². The van der Waals surface area contributed by atoms with Gasteiger partial charge in [-0.05, 0) is 31.6 Å². The average Bonchev–Trinajstić information content (AvgIpc) is 2.31. The predicted molar refractivity (Wildman–Crippen MR) is 42.8 cm³/mol. The molecule has 10 heavy (non-hydrogen) atoms. The van der Waals surface area contributed by atoms with Gasteiger partial charge in [0.25, 0.3) is 0 Å². The molecule has 1 rings (SSSR count). The van der Waals surface area contributed by atoms with Crippen LogP contribution in [0.25, 0.3) is 0 Å². The van der Waals surface area contributed by atoms with Crippen LogP contribution >= 0.6 is 0 Å². The van der Waals surface area contributed by atoms with Gasteiger partial charge < -0.3 is 5.11 Å². The molecule has 1 nitrogen and oxygen atoms in total. The molecule has 0 bridgehead atoms. The first-order chi connectivity index (χ1) is 4.84. The lowest BCUT2D eigenvalue weighted by molar-refractivity contribution is 0.128. The van der Waals surface area contributed by atoms with Crippen molar-refractivity contribution in [1.82, 2.24) is 0 Å². The van der Waals surface area contributed by atoms with E-state index < -0.39 is 0 Å². The van der Waals surface area contributed by atoms with Crippen LogP contribution in [-0.4, -0.2) is 11.2 Å². The topological polar surface area (TPSA) is 20.2 Å². The second-order valence-electron chi connectivity index (χ2n) is 3.12. The molecule has 0 unspecified atom stereocenters. The van der Waals surface area contributed by atoms with Crippen molar-refractivity contribution in [2.75, 3.05) is 0 Å². The van der Waals surface area contributed by atoms with E-state index in [0.29, 0.717) is 5.92 Å². The summed E-state index contributed by atoms with van der Waals surface area (Å²) in [4.78, 5) is 0. The highest BCUT2D eigenvalue weighted by Crippen LogP contribution is 2.28. The molecule has 0 amide bonds. The smallest absolute Gasteiger partial charge is 0.0568 e. The Labute approximate surface area is 62.8 Å². The zero-order valence-electron chi connectivity index (χ0n) is 6.42. The highest BCUT2D eigenvalue weighted by Gasteiger charge is 2.23. The number of aliphatic hydroxyl groups is 1. The van der Waals surface area contributed by atoms with Gasteiger partial charge in [-0.15, -0.1) is 6.58 Å². The van der Waals surface area contributed by atoms with Gasteiger partial charge >= 0.3 is 0 Å². The Morgan fingerprint density at radius 3 is 2.80 bits per heavy atom. The van der Waals surface area contributed by atoms with Crippen molar-refractivity contribution >= 4 is 0 Å². The summed E-state index contributed by atoms with van der Waals surface area (Å²) < 4.78 is 0. The minimum absolute atomic E-state index is 0.0139. The molecule has 1 saturated carbocycles. The molecule has 0 aromatic carbocycles. The van der Waals surface area contributed by atoms with E-state index in [-0.39, 0.29) is 6.10 Å². The average molecular weight is 140 g/mol. The lowest BCUT2D eigenvalue weighted by Crippen LogP contribution is -2.12. The maximum absolute atomic E-state index is 9.38. The summed E-state index contributed by atoms with van der Waals surface area (Å²) in [5.74, 6) is 0.568. The normalized spacial score (nSPS) is 32.5. The van der Waals surface area contributed by atoms with Gasteiger partial charge in [0.1, 0.15) is 0 Å². The largest absolute Gasteiger partial charge is 0.393 e. The summed E-state index contributed by atoms with van der Waals surface area (Å²) >= 11 is 0. The molecule has 1 aliphatic carbocycles. The Hall–Kier alpha value is -0.300. The highest BCUT2D eigenvalue weighted by atomic mass is 16.3. The van der Waals surface area contributed by atoms with Gasteiger partial charge in [-0.1, -0.05) is 12.5 Å². The molecule has 0 spiro atoms. The van der Waals surface area contributed by atoms with Crippen LogP contribution < -0.4 is 0 Å². The van der Waals surface area contributed by atoms with E-state index in [1.807, 2.05) is 6.08 Å². The van der Waals surface area contributed by atoms with Crippen LogP contribution in [-0.2, 0) is 0 Å². The first-order valence-corrected chi connectivity index (χ1v) is 4.13. The molecule has 0 aromatic rings. The van der Waals surface area contributed by atoms with Gasteiger partial charge in [0, 0.05) is 0 Å². The van der Waals surface area contributed by atoms with E-state index >= 15 is 0 Å². The fraction of sp³-hybridized carbons (Fsp3) is 0.778. The summed E-state index contributed by atoms with van der Waals surface area (Å²) in [5, 5.41) is 9.38. The van der Waals surface area contributed by atoms with Crippen molar-refractivity contribution in [1.29, 1.82) is 0 Å². The molecule has 0 radical (unpaired) electrons. The fourth-order valence-corrected chi connectivity index (χ4v) is 1.69. The standard InChI is InChI=1S/C9H16O/c1-2-3-5-8-6-4-7-9(8)10/h2,8-10H,1,3-7H2/t8-,9-/m1/s1. The number of hydrogen-bond acceptors (Lipinski definition) is 1. The zero-order chi connectivity index (χ0) is 7.40. The summed E-state index contributed by atoms with van der Waals surface area (Å²) in [7, 11) is 0. The highest BCUT2D eigenvalue weighted by molar-refractivity contribution is 4.79. The van der Waals surface area contributed by atoms with Crippen LogP contribution in [0, 0.1) is 5.92 Å². The first kappa shape index (κ1) is 7.80. The van der Waals surface area contributed by atoms with E-state index in [4.69, 9.17) is 0 Å². The summed E-state index contributed by atoms with van der Waals surface area (Å²) in [6.07, 6.45) is 7.55. The minimum Gasteiger partial charge on any atom is -0.393 e. The third kappa shape index (κ3) is 1.84. The Balaban J connectivity index is 2.19. The third-order valence-electron chi connectivity index (χ3n) is 2.36. The second kappa shape index (κ2) is 3.77. The number of allylic oxidation sites excluding steroid dienone is 1. The summed E-state index contributed by atoms with van der Waals surface area (Å²) in [5.41, 5.74) is 0. The van der Waals surface area contributed by atoms with Gasteiger partial charge in [-0.2, -0.15) is 0 Å². The van der Waals surface area contributed by atoms with Crippen molar-refractivity contribution in [3.05, 3.63) is 12.7 Å². The van der Waals surface area contributed by atoms with Gasteiger partial charge in [0.15, 0.2) is 0 Å². The van der Waals surface area contributed by atoms with Crippen LogP contribution in [0.15, 0.2) is 12.7 Å². The van der Waals surface area contributed by atoms with Crippen LogP contribution in [0.5, 0.6) is 0 Å². The van der Waals surface area contributed by atoms with Crippen molar-refractivity contribution in [3.8, 4) is 0 Å². The minimum atomic E-state index is -0.0139.